The van der Waals surface area contributed by atoms with E-state index < -0.39 is 5.60 Å². The SMILES string of the molecule is CC1(C)CC(CO)(C2(O)CC3CCC(C2)N3)C1. The molecule has 0 amide bonds. The van der Waals surface area contributed by atoms with Gasteiger partial charge in [0.25, 0.3) is 0 Å². The van der Waals surface area contributed by atoms with Crippen LogP contribution in [0.5, 0.6) is 0 Å². The van der Waals surface area contributed by atoms with E-state index in [2.05, 4.69) is 19.2 Å². The van der Waals surface area contributed by atoms with E-state index in [1.165, 1.54) is 12.8 Å². The predicted molar refractivity (Wildman–Crippen MR) is 66.7 cm³/mol. The minimum Gasteiger partial charge on any atom is -0.396 e. The fourth-order valence-corrected chi connectivity index (χ4v) is 4.92. The summed E-state index contributed by atoms with van der Waals surface area (Å²) in [7, 11) is 0. The molecule has 0 radical (unpaired) electrons. The van der Waals surface area contributed by atoms with Crippen LogP contribution in [-0.4, -0.2) is 34.5 Å². The van der Waals surface area contributed by atoms with Crippen LogP contribution in [0.25, 0.3) is 0 Å². The zero-order chi connectivity index (χ0) is 12.3. The van der Waals surface area contributed by atoms with Gasteiger partial charge < -0.3 is 15.5 Å². The first-order chi connectivity index (χ1) is 7.88. The van der Waals surface area contributed by atoms with Crippen LogP contribution in [-0.2, 0) is 0 Å². The van der Waals surface area contributed by atoms with Gasteiger partial charge in [-0.1, -0.05) is 13.8 Å². The molecular formula is C14H25NO2. The second kappa shape index (κ2) is 3.46. The third-order valence-corrected chi connectivity index (χ3v) is 5.43. The Morgan fingerprint density at radius 2 is 1.65 bits per heavy atom. The highest BCUT2D eigenvalue weighted by molar-refractivity contribution is 5.14. The molecule has 3 fully saturated rings. The Morgan fingerprint density at radius 3 is 2.06 bits per heavy atom. The molecule has 3 nitrogen and oxygen atoms in total. The molecule has 2 bridgehead atoms. The van der Waals surface area contributed by atoms with Gasteiger partial charge in [-0.05, 0) is 43.9 Å². The van der Waals surface area contributed by atoms with Crippen molar-refractivity contribution >= 4 is 0 Å². The fraction of sp³-hybridized carbons (Fsp3) is 1.00. The van der Waals surface area contributed by atoms with Gasteiger partial charge in [-0.3, -0.25) is 0 Å². The molecule has 2 unspecified atom stereocenters. The average Bonchev–Trinajstić information content (AvgIpc) is 2.54. The number of piperidine rings is 1. The maximum Gasteiger partial charge on any atom is 0.0755 e. The highest BCUT2D eigenvalue weighted by Crippen LogP contribution is 2.62. The first-order valence-electron chi connectivity index (χ1n) is 6.98. The van der Waals surface area contributed by atoms with E-state index in [1.807, 2.05) is 0 Å². The van der Waals surface area contributed by atoms with Crippen molar-refractivity contribution in [3.8, 4) is 0 Å². The Bertz CT molecular complexity index is 306. The molecule has 2 saturated heterocycles. The van der Waals surface area contributed by atoms with E-state index in [-0.39, 0.29) is 12.0 Å². The lowest BCUT2D eigenvalue weighted by atomic mass is 9.46. The van der Waals surface area contributed by atoms with E-state index in [9.17, 15) is 10.2 Å². The monoisotopic (exact) mass is 239 g/mol. The molecule has 2 aliphatic heterocycles. The predicted octanol–water partition coefficient (Wildman–Crippen LogP) is 1.43. The zero-order valence-corrected chi connectivity index (χ0v) is 11.0. The molecule has 98 valence electrons. The van der Waals surface area contributed by atoms with Gasteiger partial charge in [-0.15, -0.1) is 0 Å². The Morgan fingerprint density at radius 1 is 1.12 bits per heavy atom. The van der Waals surface area contributed by atoms with Crippen molar-refractivity contribution < 1.29 is 10.2 Å². The third-order valence-electron chi connectivity index (χ3n) is 5.43. The Hall–Kier alpha value is -0.120. The molecule has 0 aromatic heterocycles. The Labute approximate surface area is 104 Å². The van der Waals surface area contributed by atoms with Gasteiger partial charge in [0.15, 0.2) is 0 Å². The largest absolute Gasteiger partial charge is 0.396 e. The lowest BCUT2D eigenvalue weighted by molar-refractivity contribution is -0.211. The lowest BCUT2D eigenvalue weighted by Gasteiger charge is -2.62. The molecule has 0 aromatic carbocycles. The second-order valence-corrected chi connectivity index (χ2v) is 7.53. The lowest BCUT2D eigenvalue weighted by Crippen LogP contribution is -2.65. The van der Waals surface area contributed by atoms with E-state index in [4.69, 9.17) is 0 Å². The quantitative estimate of drug-likeness (QED) is 0.683. The molecule has 0 spiro atoms. The van der Waals surface area contributed by atoms with E-state index in [0.717, 1.165) is 25.7 Å². The van der Waals surface area contributed by atoms with E-state index in [0.29, 0.717) is 17.5 Å². The molecule has 2 heterocycles. The van der Waals surface area contributed by atoms with Gasteiger partial charge in [0.2, 0.25) is 0 Å². The van der Waals surface area contributed by atoms with Crippen molar-refractivity contribution in [1.82, 2.24) is 5.32 Å². The maximum absolute atomic E-state index is 11.1. The van der Waals surface area contributed by atoms with Crippen molar-refractivity contribution in [3.63, 3.8) is 0 Å². The fourth-order valence-electron chi connectivity index (χ4n) is 4.92. The summed E-state index contributed by atoms with van der Waals surface area (Å²) in [4.78, 5) is 0. The molecule has 0 aromatic rings. The molecule has 2 atom stereocenters. The van der Waals surface area contributed by atoms with E-state index in [1.54, 1.807) is 0 Å². The van der Waals surface area contributed by atoms with Gasteiger partial charge in [0, 0.05) is 17.5 Å². The van der Waals surface area contributed by atoms with E-state index >= 15 is 0 Å². The van der Waals surface area contributed by atoms with Crippen LogP contribution in [0.15, 0.2) is 0 Å². The molecular weight excluding hydrogens is 214 g/mol. The summed E-state index contributed by atoms with van der Waals surface area (Å²) in [6.07, 6.45) is 5.98. The smallest absolute Gasteiger partial charge is 0.0755 e. The summed E-state index contributed by atoms with van der Waals surface area (Å²) in [6.45, 7) is 4.62. The minimum absolute atomic E-state index is 0.145. The first-order valence-corrected chi connectivity index (χ1v) is 6.98. The van der Waals surface area contributed by atoms with Gasteiger partial charge >= 0.3 is 0 Å². The molecule has 1 saturated carbocycles. The van der Waals surface area contributed by atoms with Crippen molar-refractivity contribution in [3.05, 3.63) is 0 Å². The number of rotatable bonds is 2. The zero-order valence-electron chi connectivity index (χ0n) is 11.0. The summed E-state index contributed by atoms with van der Waals surface area (Å²) in [5, 5.41) is 24.4. The first kappa shape index (κ1) is 11.9. The van der Waals surface area contributed by atoms with Crippen LogP contribution in [0.1, 0.15) is 52.4 Å². The van der Waals surface area contributed by atoms with Crippen molar-refractivity contribution in [2.24, 2.45) is 10.8 Å². The van der Waals surface area contributed by atoms with Gasteiger partial charge in [0.1, 0.15) is 0 Å². The molecule has 1 aliphatic carbocycles. The topological polar surface area (TPSA) is 52.5 Å². The summed E-state index contributed by atoms with van der Waals surface area (Å²) < 4.78 is 0. The molecule has 3 rings (SSSR count). The van der Waals surface area contributed by atoms with Crippen LogP contribution < -0.4 is 5.32 Å². The number of fused-ring (bicyclic) bond motifs is 2. The summed E-state index contributed by atoms with van der Waals surface area (Å²) >= 11 is 0. The standard InChI is InChI=1S/C14H25NO2/c1-12(2)7-13(8-12,9-16)14(17)5-10-3-4-11(6-14)15-10/h10-11,15-17H,3-9H2,1-2H3. The molecule has 3 heteroatoms. The summed E-state index contributed by atoms with van der Waals surface area (Å²) in [5.74, 6) is 0. The number of aliphatic hydroxyl groups excluding tert-OH is 1. The normalized spacial score (nSPS) is 46.6. The van der Waals surface area contributed by atoms with Crippen molar-refractivity contribution in [2.45, 2.75) is 70.1 Å². The van der Waals surface area contributed by atoms with Crippen LogP contribution in [0.3, 0.4) is 0 Å². The highest BCUT2D eigenvalue weighted by Gasteiger charge is 2.62. The number of nitrogens with one attached hydrogen (secondary N) is 1. The van der Waals surface area contributed by atoms with Crippen molar-refractivity contribution in [1.29, 1.82) is 0 Å². The van der Waals surface area contributed by atoms with Crippen LogP contribution in [0.4, 0.5) is 0 Å². The molecule has 3 aliphatic rings. The summed E-state index contributed by atoms with van der Waals surface area (Å²) in [6, 6.07) is 0.955. The molecule has 3 N–H and O–H groups in total. The van der Waals surface area contributed by atoms with Gasteiger partial charge in [0.05, 0.1) is 12.2 Å². The minimum atomic E-state index is -0.631. The maximum atomic E-state index is 11.1. The van der Waals surface area contributed by atoms with Crippen LogP contribution in [0, 0.1) is 10.8 Å². The van der Waals surface area contributed by atoms with Gasteiger partial charge in [-0.25, -0.2) is 0 Å². The number of hydrogen-bond donors (Lipinski definition) is 3. The van der Waals surface area contributed by atoms with Gasteiger partial charge in [-0.2, -0.15) is 0 Å². The van der Waals surface area contributed by atoms with Crippen molar-refractivity contribution in [2.75, 3.05) is 6.61 Å². The number of hydrogen-bond acceptors (Lipinski definition) is 3. The Kier molecular flexibility index (Phi) is 2.43. The Balaban J connectivity index is 1.82. The average molecular weight is 239 g/mol. The van der Waals surface area contributed by atoms with Crippen LogP contribution in [0.2, 0.25) is 0 Å². The third kappa shape index (κ3) is 1.66. The second-order valence-electron chi connectivity index (χ2n) is 7.53. The van der Waals surface area contributed by atoms with Crippen LogP contribution >= 0.6 is 0 Å². The number of aliphatic hydroxyl groups is 2. The molecule has 17 heavy (non-hydrogen) atoms. The highest BCUT2D eigenvalue weighted by atomic mass is 16.3. The summed E-state index contributed by atoms with van der Waals surface area (Å²) in [5.41, 5.74) is -0.559.